The lowest BCUT2D eigenvalue weighted by atomic mass is 10.2. The Hall–Kier alpha value is -2.57. The van der Waals surface area contributed by atoms with Crippen LogP contribution in [0.2, 0.25) is 0 Å². The normalized spacial score (nSPS) is 15.8. The molecule has 0 spiro atoms. The molecule has 1 aliphatic rings. The molecule has 0 amide bonds. The van der Waals surface area contributed by atoms with Crippen molar-refractivity contribution in [3.63, 3.8) is 0 Å². The number of hydrogen-bond acceptors (Lipinski definition) is 5. The molecule has 1 fully saturated rings. The minimum absolute atomic E-state index is 0.323. The van der Waals surface area contributed by atoms with Gasteiger partial charge in [-0.1, -0.05) is 0 Å². The van der Waals surface area contributed by atoms with Crippen LogP contribution >= 0.6 is 0 Å². The zero-order chi connectivity index (χ0) is 16.7. The summed E-state index contributed by atoms with van der Waals surface area (Å²) < 4.78 is 1.91. The summed E-state index contributed by atoms with van der Waals surface area (Å²) in [6.45, 7) is 6.41. The van der Waals surface area contributed by atoms with Gasteiger partial charge in [0.15, 0.2) is 5.82 Å². The van der Waals surface area contributed by atoms with Crippen LogP contribution in [-0.4, -0.2) is 30.8 Å². The Bertz CT molecular complexity index is 844. The number of hydrogen-bond donors (Lipinski definition) is 3. The number of anilines is 3. The molecule has 0 saturated heterocycles. The summed E-state index contributed by atoms with van der Waals surface area (Å²) in [5.74, 6) is 2.92. The maximum atomic E-state index is 4.67. The monoisotopic (exact) mass is 325 g/mol. The summed E-state index contributed by atoms with van der Waals surface area (Å²) in [5, 5.41) is 12.3. The average molecular weight is 325 g/mol. The number of nitrogens with zero attached hydrogens (tertiary/aromatic N) is 4. The van der Waals surface area contributed by atoms with Crippen LogP contribution in [0.5, 0.6) is 0 Å². The van der Waals surface area contributed by atoms with Crippen molar-refractivity contribution in [2.75, 3.05) is 10.6 Å². The molecule has 3 N–H and O–H groups in total. The first-order chi connectivity index (χ1) is 11.6. The van der Waals surface area contributed by atoms with Crippen molar-refractivity contribution in [1.82, 2.24) is 24.7 Å². The van der Waals surface area contributed by atoms with Gasteiger partial charge in [-0.25, -0.2) is 0 Å². The van der Waals surface area contributed by atoms with Gasteiger partial charge in [0.05, 0.1) is 5.39 Å². The van der Waals surface area contributed by atoms with E-state index in [4.69, 9.17) is 0 Å². The highest BCUT2D eigenvalue weighted by Crippen LogP contribution is 2.34. The fraction of sp³-hybridized carbons (Fsp3) is 0.471. The Morgan fingerprint density at radius 1 is 1.21 bits per heavy atom. The van der Waals surface area contributed by atoms with Gasteiger partial charge < -0.3 is 15.6 Å². The molecule has 0 bridgehead atoms. The predicted molar refractivity (Wildman–Crippen MR) is 95.6 cm³/mol. The van der Waals surface area contributed by atoms with E-state index >= 15 is 0 Å². The first kappa shape index (κ1) is 15.0. The van der Waals surface area contributed by atoms with Crippen molar-refractivity contribution in [1.29, 1.82) is 0 Å². The fourth-order valence-corrected chi connectivity index (χ4v) is 2.84. The molecule has 3 aromatic rings. The molecule has 0 radical (unpaired) electrons. The Balaban J connectivity index is 1.62. The quantitative estimate of drug-likeness (QED) is 0.644. The third-order valence-electron chi connectivity index (χ3n) is 4.49. The van der Waals surface area contributed by atoms with Crippen molar-refractivity contribution in [3.8, 4) is 0 Å². The standard InChI is InChI=1S/C17H23N7/c1-10(2)24-9-7-14(23-24)20-17-21-15-13(6-8-18-15)16(22-17)19-11(3)12-4-5-12/h6-12H,4-5H2,1-3H3,(H3,18,19,20,21,22,23). The Morgan fingerprint density at radius 2 is 2.04 bits per heavy atom. The number of aromatic amines is 1. The van der Waals surface area contributed by atoms with Crippen molar-refractivity contribution >= 4 is 28.6 Å². The highest BCUT2D eigenvalue weighted by molar-refractivity contribution is 5.88. The molecule has 7 nitrogen and oxygen atoms in total. The number of fused-ring (bicyclic) bond motifs is 1. The molecule has 0 aromatic carbocycles. The van der Waals surface area contributed by atoms with Gasteiger partial charge >= 0.3 is 0 Å². The van der Waals surface area contributed by atoms with Crippen LogP contribution < -0.4 is 10.6 Å². The fourth-order valence-electron chi connectivity index (χ4n) is 2.84. The molecule has 1 saturated carbocycles. The zero-order valence-corrected chi connectivity index (χ0v) is 14.2. The van der Waals surface area contributed by atoms with Crippen LogP contribution in [-0.2, 0) is 0 Å². The molecule has 0 aliphatic heterocycles. The molecule has 1 aliphatic carbocycles. The van der Waals surface area contributed by atoms with E-state index in [1.807, 2.05) is 29.2 Å². The molecule has 24 heavy (non-hydrogen) atoms. The van der Waals surface area contributed by atoms with Gasteiger partial charge in [0.25, 0.3) is 0 Å². The van der Waals surface area contributed by atoms with Crippen molar-refractivity contribution in [3.05, 3.63) is 24.5 Å². The van der Waals surface area contributed by atoms with Gasteiger partial charge in [0, 0.05) is 30.5 Å². The van der Waals surface area contributed by atoms with Gasteiger partial charge in [-0.05, 0) is 45.6 Å². The van der Waals surface area contributed by atoms with Crippen LogP contribution in [0.3, 0.4) is 0 Å². The summed E-state index contributed by atoms with van der Waals surface area (Å²) in [6.07, 6.45) is 6.44. The highest BCUT2D eigenvalue weighted by atomic mass is 15.3. The number of H-pyrrole nitrogens is 1. The number of rotatable bonds is 6. The maximum Gasteiger partial charge on any atom is 0.232 e. The summed E-state index contributed by atoms with van der Waals surface area (Å²) in [6, 6.07) is 4.69. The number of aromatic nitrogens is 5. The van der Waals surface area contributed by atoms with E-state index in [-0.39, 0.29) is 0 Å². The third kappa shape index (κ3) is 2.93. The van der Waals surface area contributed by atoms with E-state index in [1.54, 1.807) is 0 Å². The van der Waals surface area contributed by atoms with Gasteiger partial charge in [-0.15, -0.1) is 0 Å². The maximum absolute atomic E-state index is 4.67. The van der Waals surface area contributed by atoms with Crippen LogP contribution in [0.4, 0.5) is 17.6 Å². The van der Waals surface area contributed by atoms with Crippen LogP contribution in [0.25, 0.3) is 11.0 Å². The molecular formula is C17H23N7. The smallest absolute Gasteiger partial charge is 0.232 e. The van der Waals surface area contributed by atoms with Gasteiger partial charge in [0.1, 0.15) is 11.5 Å². The van der Waals surface area contributed by atoms with Crippen LogP contribution in [0.15, 0.2) is 24.5 Å². The Labute approximate surface area is 140 Å². The lowest BCUT2D eigenvalue weighted by Crippen LogP contribution is -2.18. The zero-order valence-electron chi connectivity index (χ0n) is 14.2. The SMILES string of the molecule is CC(Nc1nc(Nc2ccn(C(C)C)n2)nc2[nH]ccc12)C1CC1. The van der Waals surface area contributed by atoms with Crippen LogP contribution in [0.1, 0.15) is 39.7 Å². The summed E-state index contributed by atoms with van der Waals surface area (Å²) in [4.78, 5) is 12.4. The molecule has 1 unspecified atom stereocenters. The van der Waals surface area contributed by atoms with E-state index < -0.39 is 0 Å². The van der Waals surface area contributed by atoms with E-state index in [0.29, 0.717) is 18.0 Å². The lowest BCUT2D eigenvalue weighted by Gasteiger charge is -2.15. The minimum atomic E-state index is 0.323. The second-order valence-corrected chi connectivity index (χ2v) is 6.81. The molecule has 3 heterocycles. The van der Waals surface area contributed by atoms with E-state index in [2.05, 4.69) is 51.5 Å². The largest absolute Gasteiger partial charge is 0.367 e. The van der Waals surface area contributed by atoms with Crippen molar-refractivity contribution < 1.29 is 0 Å². The molecule has 7 heteroatoms. The molecule has 4 rings (SSSR count). The van der Waals surface area contributed by atoms with E-state index in [0.717, 1.165) is 28.6 Å². The molecule has 1 atom stereocenters. The Morgan fingerprint density at radius 3 is 2.75 bits per heavy atom. The second kappa shape index (κ2) is 5.81. The number of nitrogens with one attached hydrogen (secondary N) is 3. The van der Waals surface area contributed by atoms with E-state index in [1.165, 1.54) is 12.8 Å². The highest BCUT2D eigenvalue weighted by Gasteiger charge is 2.28. The Kier molecular flexibility index (Phi) is 3.63. The third-order valence-corrected chi connectivity index (χ3v) is 4.49. The molecule has 126 valence electrons. The van der Waals surface area contributed by atoms with Gasteiger partial charge in [-0.2, -0.15) is 15.1 Å². The van der Waals surface area contributed by atoms with Gasteiger partial charge in [0.2, 0.25) is 5.95 Å². The topological polar surface area (TPSA) is 83.4 Å². The summed E-state index contributed by atoms with van der Waals surface area (Å²) in [7, 11) is 0. The summed E-state index contributed by atoms with van der Waals surface area (Å²) >= 11 is 0. The molecular weight excluding hydrogens is 302 g/mol. The first-order valence-electron chi connectivity index (χ1n) is 8.54. The molecule has 3 aromatic heterocycles. The minimum Gasteiger partial charge on any atom is -0.367 e. The van der Waals surface area contributed by atoms with Gasteiger partial charge in [-0.3, -0.25) is 4.68 Å². The van der Waals surface area contributed by atoms with E-state index in [9.17, 15) is 0 Å². The summed E-state index contributed by atoms with van der Waals surface area (Å²) in [5.41, 5.74) is 0.821. The van der Waals surface area contributed by atoms with Crippen molar-refractivity contribution in [2.24, 2.45) is 5.92 Å². The first-order valence-corrected chi connectivity index (χ1v) is 8.54. The predicted octanol–water partition coefficient (Wildman–Crippen LogP) is 3.69. The second-order valence-electron chi connectivity index (χ2n) is 6.81. The lowest BCUT2D eigenvalue weighted by molar-refractivity contribution is 0.534. The van der Waals surface area contributed by atoms with Crippen LogP contribution in [0, 0.1) is 5.92 Å². The van der Waals surface area contributed by atoms with Crippen molar-refractivity contribution in [2.45, 2.75) is 45.7 Å². The average Bonchev–Trinajstić information content (AvgIpc) is 3.10.